The van der Waals surface area contributed by atoms with Crippen LogP contribution in [0.5, 0.6) is 0 Å². The molecule has 1 nitrogen and oxygen atoms in total. The van der Waals surface area contributed by atoms with Crippen molar-refractivity contribution < 1.29 is 0 Å². The third kappa shape index (κ3) is 3.17. The highest BCUT2D eigenvalue weighted by Gasteiger charge is 1.80. The van der Waals surface area contributed by atoms with Gasteiger partial charge in [-0.25, -0.2) is 0 Å². The fraction of sp³-hybridized carbons (Fsp3) is 0.286. The predicted molar refractivity (Wildman–Crippen MR) is 34.2 cm³/mol. The SMILES string of the molecule is C=C(C#N)C=C(C)C. The maximum absolute atomic E-state index is 8.19. The lowest BCUT2D eigenvalue weighted by Gasteiger charge is -1.83. The molecular formula is C7H9N. The average molecular weight is 107 g/mol. The summed E-state index contributed by atoms with van der Waals surface area (Å²) < 4.78 is 0. The van der Waals surface area contributed by atoms with Crippen molar-refractivity contribution in [1.82, 2.24) is 0 Å². The van der Waals surface area contributed by atoms with Crippen molar-refractivity contribution in [1.29, 1.82) is 5.26 Å². The van der Waals surface area contributed by atoms with Crippen LogP contribution in [0.25, 0.3) is 0 Å². The van der Waals surface area contributed by atoms with Crippen LogP contribution in [0.4, 0.5) is 0 Å². The number of allylic oxidation sites excluding steroid dienone is 3. The zero-order valence-corrected chi connectivity index (χ0v) is 5.23. The van der Waals surface area contributed by atoms with Gasteiger partial charge in [0.2, 0.25) is 0 Å². The minimum Gasteiger partial charge on any atom is -0.192 e. The molecule has 0 atom stereocenters. The van der Waals surface area contributed by atoms with Gasteiger partial charge in [-0.2, -0.15) is 5.26 Å². The number of nitrogens with zero attached hydrogens (tertiary/aromatic N) is 1. The maximum Gasteiger partial charge on any atom is 0.0985 e. The summed E-state index contributed by atoms with van der Waals surface area (Å²) in [5.41, 5.74) is 1.63. The van der Waals surface area contributed by atoms with Crippen molar-refractivity contribution in [3.63, 3.8) is 0 Å². The molecule has 0 fully saturated rings. The molecule has 0 aliphatic carbocycles. The second-order valence-corrected chi connectivity index (χ2v) is 1.86. The molecule has 0 saturated carbocycles. The first-order valence-electron chi connectivity index (χ1n) is 2.40. The van der Waals surface area contributed by atoms with Gasteiger partial charge < -0.3 is 0 Å². The second kappa shape index (κ2) is 3.04. The van der Waals surface area contributed by atoms with Crippen LogP contribution < -0.4 is 0 Å². The van der Waals surface area contributed by atoms with Crippen LogP contribution in [0, 0.1) is 11.3 Å². The van der Waals surface area contributed by atoms with E-state index in [0.717, 1.165) is 5.57 Å². The van der Waals surface area contributed by atoms with Gasteiger partial charge in [-0.05, 0) is 19.9 Å². The van der Waals surface area contributed by atoms with Crippen molar-refractivity contribution in [2.75, 3.05) is 0 Å². The summed E-state index contributed by atoms with van der Waals surface area (Å²) in [7, 11) is 0. The molecule has 42 valence electrons. The smallest absolute Gasteiger partial charge is 0.0985 e. The van der Waals surface area contributed by atoms with Crippen LogP contribution in [0.3, 0.4) is 0 Å². The Hall–Kier alpha value is -1.03. The first-order chi connectivity index (χ1) is 3.66. The van der Waals surface area contributed by atoms with Gasteiger partial charge in [0.15, 0.2) is 0 Å². The molecule has 0 saturated heterocycles. The molecule has 0 aromatic carbocycles. The molecule has 0 aromatic heterocycles. The summed E-state index contributed by atoms with van der Waals surface area (Å²) >= 11 is 0. The predicted octanol–water partition coefficient (Wildman–Crippen LogP) is 2.03. The van der Waals surface area contributed by atoms with Gasteiger partial charge >= 0.3 is 0 Å². The molecule has 0 aliphatic heterocycles. The Morgan fingerprint density at radius 3 is 2.25 bits per heavy atom. The van der Waals surface area contributed by atoms with E-state index in [-0.39, 0.29) is 0 Å². The van der Waals surface area contributed by atoms with E-state index in [2.05, 4.69) is 6.58 Å². The quantitative estimate of drug-likeness (QED) is 0.371. The standard InChI is InChI=1S/C7H9N/c1-6(2)4-7(3)5-8/h4H,3H2,1-2H3. The molecule has 0 rings (SSSR count). The molecular weight excluding hydrogens is 98.1 g/mol. The van der Waals surface area contributed by atoms with E-state index in [0.29, 0.717) is 5.57 Å². The number of rotatable bonds is 1. The maximum atomic E-state index is 8.19. The Balaban J connectivity index is 3.95. The second-order valence-electron chi connectivity index (χ2n) is 1.86. The number of nitriles is 1. The topological polar surface area (TPSA) is 23.8 Å². The van der Waals surface area contributed by atoms with E-state index < -0.39 is 0 Å². The molecule has 0 unspecified atom stereocenters. The van der Waals surface area contributed by atoms with Crippen LogP contribution in [-0.4, -0.2) is 0 Å². The molecule has 8 heavy (non-hydrogen) atoms. The Labute approximate surface area is 49.9 Å². The van der Waals surface area contributed by atoms with E-state index in [1.165, 1.54) is 0 Å². The largest absolute Gasteiger partial charge is 0.192 e. The zero-order chi connectivity index (χ0) is 6.57. The lowest BCUT2D eigenvalue weighted by atomic mass is 10.2. The fourth-order valence-electron chi connectivity index (χ4n) is 0.381. The first kappa shape index (κ1) is 6.97. The Bertz CT molecular complexity index is 154. The molecule has 1 heteroatoms. The minimum absolute atomic E-state index is 0.519. The van der Waals surface area contributed by atoms with Crippen molar-refractivity contribution >= 4 is 0 Å². The van der Waals surface area contributed by atoms with E-state index in [1.54, 1.807) is 6.08 Å². The monoisotopic (exact) mass is 107 g/mol. The Morgan fingerprint density at radius 1 is 1.62 bits per heavy atom. The van der Waals surface area contributed by atoms with Crippen molar-refractivity contribution in [3.05, 3.63) is 23.8 Å². The van der Waals surface area contributed by atoms with Crippen molar-refractivity contribution in [2.45, 2.75) is 13.8 Å². The Kier molecular flexibility index (Phi) is 2.64. The summed E-state index contributed by atoms with van der Waals surface area (Å²) in [6.07, 6.45) is 1.75. The number of hydrogen-bond donors (Lipinski definition) is 0. The van der Waals surface area contributed by atoms with Gasteiger partial charge in [-0.15, -0.1) is 0 Å². The molecule has 0 amide bonds. The summed E-state index contributed by atoms with van der Waals surface area (Å²) in [5, 5.41) is 8.19. The van der Waals surface area contributed by atoms with Crippen molar-refractivity contribution in [2.24, 2.45) is 0 Å². The van der Waals surface area contributed by atoms with E-state index >= 15 is 0 Å². The van der Waals surface area contributed by atoms with Gasteiger partial charge in [0, 0.05) is 5.57 Å². The molecule has 0 bridgehead atoms. The summed E-state index contributed by atoms with van der Waals surface area (Å²) in [6.45, 7) is 7.34. The van der Waals surface area contributed by atoms with Crippen molar-refractivity contribution in [3.8, 4) is 6.07 Å². The van der Waals surface area contributed by atoms with Crippen LogP contribution in [0.15, 0.2) is 23.8 Å². The average Bonchev–Trinajstić information content (AvgIpc) is 1.65. The highest BCUT2D eigenvalue weighted by Crippen LogP contribution is 1.95. The van der Waals surface area contributed by atoms with E-state index in [4.69, 9.17) is 5.26 Å². The fourth-order valence-corrected chi connectivity index (χ4v) is 0.381. The van der Waals surface area contributed by atoms with E-state index in [9.17, 15) is 0 Å². The summed E-state index contributed by atoms with van der Waals surface area (Å²) in [6, 6.07) is 1.93. The highest BCUT2D eigenvalue weighted by molar-refractivity contribution is 5.31. The lowest BCUT2D eigenvalue weighted by molar-refractivity contribution is 1.37. The molecule has 0 radical (unpaired) electrons. The van der Waals surface area contributed by atoms with Crippen LogP contribution >= 0.6 is 0 Å². The molecule has 0 spiro atoms. The van der Waals surface area contributed by atoms with Crippen LogP contribution in [-0.2, 0) is 0 Å². The lowest BCUT2D eigenvalue weighted by Crippen LogP contribution is -1.67. The van der Waals surface area contributed by atoms with Gasteiger partial charge in [0.25, 0.3) is 0 Å². The minimum atomic E-state index is 0.519. The summed E-state index contributed by atoms with van der Waals surface area (Å²) in [4.78, 5) is 0. The Morgan fingerprint density at radius 2 is 2.12 bits per heavy atom. The molecule has 0 aliphatic rings. The highest BCUT2D eigenvalue weighted by atomic mass is 14.2. The van der Waals surface area contributed by atoms with Crippen LogP contribution in [0.2, 0.25) is 0 Å². The van der Waals surface area contributed by atoms with Crippen LogP contribution in [0.1, 0.15) is 13.8 Å². The molecule has 0 heterocycles. The first-order valence-corrected chi connectivity index (χ1v) is 2.40. The van der Waals surface area contributed by atoms with E-state index in [1.807, 2.05) is 19.9 Å². The summed E-state index contributed by atoms with van der Waals surface area (Å²) in [5.74, 6) is 0. The third-order valence-corrected chi connectivity index (χ3v) is 0.607. The van der Waals surface area contributed by atoms with Gasteiger partial charge in [-0.1, -0.05) is 12.2 Å². The zero-order valence-electron chi connectivity index (χ0n) is 5.23. The van der Waals surface area contributed by atoms with Gasteiger partial charge in [-0.3, -0.25) is 0 Å². The molecule has 0 N–H and O–H groups in total. The third-order valence-electron chi connectivity index (χ3n) is 0.607. The van der Waals surface area contributed by atoms with Gasteiger partial charge in [0.05, 0.1) is 6.07 Å². The molecule has 0 aromatic rings. The normalized spacial score (nSPS) is 7.12. The van der Waals surface area contributed by atoms with Gasteiger partial charge in [0.1, 0.15) is 0 Å². The number of hydrogen-bond acceptors (Lipinski definition) is 1.